The van der Waals surface area contributed by atoms with Crippen molar-refractivity contribution in [1.82, 2.24) is 10.6 Å². The third-order valence-electron chi connectivity index (χ3n) is 3.33. The van der Waals surface area contributed by atoms with E-state index in [-0.39, 0.29) is 30.1 Å². The van der Waals surface area contributed by atoms with Crippen molar-refractivity contribution in [3.05, 3.63) is 35.4 Å². The van der Waals surface area contributed by atoms with Crippen LogP contribution in [-0.2, 0) is 17.9 Å². The van der Waals surface area contributed by atoms with Crippen molar-refractivity contribution in [3.8, 4) is 0 Å². The maximum absolute atomic E-state index is 5.65. The molecule has 0 radical (unpaired) electrons. The van der Waals surface area contributed by atoms with E-state index < -0.39 is 0 Å². The third kappa shape index (κ3) is 9.81. The highest BCUT2D eigenvalue weighted by Gasteiger charge is 2.03. The fourth-order valence-corrected chi connectivity index (χ4v) is 1.91. The fraction of sp³-hybridized carbons (Fsp3) is 0.611. The summed E-state index contributed by atoms with van der Waals surface area (Å²) >= 11 is 0. The molecule has 0 saturated heterocycles. The predicted molar refractivity (Wildman–Crippen MR) is 109 cm³/mol. The summed E-state index contributed by atoms with van der Waals surface area (Å²) in [5.41, 5.74) is 2.40. The largest absolute Gasteiger partial charge is 0.374 e. The monoisotopic (exact) mass is 433 g/mol. The zero-order valence-corrected chi connectivity index (χ0v) is 17.4. The van der Waals surface area contributed by atoms with Gasteiger partial charge in [-0.15, -0.1) is 24.0 Å². The summed E-state index contributed by atoms with van der Waals surface area (Å²) in [7, 11) is 0. The Kier molecular flexibility index (Phi) is 12.1. The number of halogens is 1. The molecule has 1 atom stereocenters. The number of guanidine groups is 1. The molecule has 23 heavy (non-hydrogen) atoms. The lowest BCUT2D eigenvalue weighted by atomic mass is 10.1. The van der Waals surface area contributed by atoms with Crippen LogP contribution in [0.4, 0.5) is 0 Å². The van der Waals surface area contributed by atoms with Crippen LogP contribution in [0.1, 0.15) is 52.2 Å². The Bertz CT molecular complexity index is 463. The molecule has 1 rings (SSSR count). The van der Waals surface area contributed by atoms with Gasteiger partial charge in [0.15, 0.2) is 5.96 Å². The summed E-state index contributed by atoms with van der Waals surface area (Å²) in [6, 6.07) is 8.86. The molecule has 0 amide bonds. The number of benzene rings is 1. The van der Waals surface area contributed by atoms with Gasteiger partial charge in [-0.1, -0.05) is 31.2 Å². The third-order valence-corrected chi connectivity index (χ3v) is 3.33. The number of rotatable bonds is 8. The summed E-state index contributed by atoms with van der Waals surface area (Å²) in [6.45, 7) is 12.7. The van der Waals surface area contributed by atoms with Crippen LogP contribution in [0.15, 0.2) is 29.3 Å². The lowest BCUT2D eigenvalue weighted by Crippen LogP contribution is -2.41. The Hall–Kier alpha value is -0.820. The van der Waals surface area contributed by atoms with Gasteiger partial charge in [-0.2, -0.15) is 0 Å². The van der Waals surface area contributed by atoms with Crippen molar-refractivity contribution in [2.24, 2.45) is 4.99 Å². The molecule has 0 aliphatic heterocycles. The Morgan fingerprint density at radius 3 is 2.48 bits per heavy atom. The summed E-state index contributed by atoms with van der Waals surface area (Å²) in [5.74, 6) is 0.876. The average Bonchev–Trinajstić information content (AvgIpc) is 2.51. The van der Waals surface area contributed by atoms with Crippen molar-refractivity contribution in [3.63, 3.8) is 0 Å². The van der Waals surface area contributed by atoms with Gasteiger partial charge in [-0.05, 0) is 45.2 Å². The van der Waals surface area contributed by atoms with Gasteiger partial charge in [-0.3, -0.25) is 0 Å². The van der Waals surface area contributed by atoms with E-state index >= 15 is 0 Å². The smallest absolute Gasteiger partial charge is 0.191 e. The van der Waals surface area contributed by atoms with Gasteiger partial charge in [0.2, 0.25) is 0 Å². The Balaban J connectivity index is 0.00000484. The zero-order valence-electron chi connectivity index (χ0n) is 15.1. The van der Waals surface area contributed by atoms with Crippen LogP contribution in [0.2, 0.25) is 0 Å². The molecule has 0 fully saturated rings. The molecule has 5 heteroatoms. The first-order chi connectivity index (χ1) is 10.5. The van der Waals surface area contributed by atoms with E-state index in [0.717, 1.165) is 18.9 Å². The minimum absolute atomic E-state index is 0. The van der Waals surface area contributed by atoms with E-state index in [1.165, 1.54) is 11.1 Å². The molecular weight excluding hydrogens is 401 g/mol. The van der Waals surface area contributed by atoms with Gasteiger partial charge in [-0.25, -0.2) is 4.99 Å². The van der Waals surface area contributed by atoms with Crippen molar-refractivity contribution >= 4 is 29.9 Å². The van der Waals surface area contributed by atoms with Crippen LogP contribution in [0, 0.1) is 0 Å². The van der Waals surface area contributed by atoms with Crippen molar-refractivity contribution in [1.29, 1.82) is 0 Å². The van der Waals surface area contributed by atoms with Crippen LogP contribution in [0.5, 0.6) is 0 Å². The maximum Gasteiger partial charge on any atom is 0.191 e. The van der Waals surface area contributed by atoms with Gasteiger partial charge < -0.3 is 15.4 Å². The molecule has 1 aromatic carbocycles. The second-order valence-corrected chi connectivity index (χ2v) is 5.83. The van der Waals surface area contributed by atoms with Crippen LogP contribution < -0.4 is 10.6 Å². The molecule has 0 saturated carbocycles. The fourth-order valence-electron chi connectivity index (χ4n) is 1.91. The zero-order chi connectivity index (χ0) is 16.4. The van der Waals surface area contributed by atoms with Gasteiger partial charge in [0, 0.05) is 12.6 Å². The number of hydrogen-bond acceptors (Lipinski definition) is 2. The highest BCUT2D eigenvalue weighted by Crippen LogP contribution is 2.09. The first-order valence-corrected chi connectivity index (χ1v) is 8.29. The number of hydrogen-bond donors (Lipinski definition) is 2. The Labute approximate surface area is 158 Å². The summed E-state index contributed by atoms with van der Waals surface area (Å²) in [5, 5.41) is 6.69. The predicted octanol–water partition coefficient (Wildman–Crippen LogP) is 4.08. The van der Waals surface area contributed by atoms with Crippen molar-refractivity contribution < 1.29 is 4.74 Å². The van der Waals surface area contributed by atoms with Gasteiger partial charge in [0.25, 0.3) is 0 Å². The average molecular weight is 433 g/mol. The van der Waals surface area contributed by atoms with E-state index in [0.29, 0.717) is 19.2 Å². The molecule has 132 valence electrons. The highest BCUT2D eigenvalue weighted by atomic mass is 127. The normalized spacial score (nSPS) is 12.7. The Morgan fingerprint density at radius 1 is 1.17 bits per heavy atom. The molecule has 1 aromatic rings. The molecular formula is C18H32IN3O. The first-order valence-electron chi connectivity index (χ1n) is 8.29. The molecule has 0 aromatic heterocycles. The lowest BCUT2D eigenvalue weighted by Gasteiger charge is -2.16. The Morgan fingerprint density at radius 2 is 1.87 bits per heavy atom. The summed E-state index contributed by atoms with van der Waals surface area (Å²) in [6.07, 6.45) is 1.33. The van der Waals surface area contributed by atoms with Crippen LogP contribution in [-0.4, -0.2) is 24.7 Å². The van der Waals surface area contributed by atoms with Crippen LogP contribution >= 0.6 is 24.0 Å². The van der Waals surface area contributed by atoms with E-state index in [1.807, 2.05) is 0 Å². The molecule has 0 aliphatic rings. The summed E-state index contributed by atoms with van der Waals surface area (Å²) in [4.78, 5) is 4.66. The molecule has 0 heterocycles. The highest BCUT2D eigenvalue weighted by molar-refractivity contribution is 14.0. The van der Waals surface area contributed by atoms with Crippen LogP contribution in [0.3, 0.4) is 0 Å². The minimum atomic E-state index is 0. The van der Waals surface area contributed by atoms with Crippen molar-refractivity contribution in [2.75, 3.05) is 6.54 Å². The topological polar surface area (TPSA) is 45.7 Å². The molecule has 4 nitrogen and oxygen atoms in total. The minimum Gasteiger partial charge on any atom is -0.374 e. The number of aliphatic imine (C=N–C) groups is 1. The second-order valence-electron chi connectivity index (χ2n) is 5.83. The lowest BCUT2D eigenvalue weighted by molar-refractivity contribution is 0.0657. The van der Waals surface area contributed by atoms with E-state index in [9.17, 15) is 0 Å². The van der Waals surface area contributed by atoms with Gasteiger partial charge in [0.05, 0.1) is 19.3 Å². The van der Waals surface area contributed by atoms with Crippen molar-refractivity contribution in [2.45, 2.75) is 66.3 Å². The number of ether oxygens (including phenoxy) is 1. The second kappa shape index (κ2) is 12.6. The van der Waals surface area contributed by atoms with E-state index in [4.69, 9.17) is 4.74 Å². The van der Waals surface area contributed by atoms with E-state index in [2.05, 4.69) is 74.5 Å². The van der Waals surface area contributed by atoms with Gasteiger partial charge >= 0.3 is 0 Å². The first kappa shape index (κ1) is 22.2. The van der Waals surface area contributed by atoms with Gasteiger partial charge in [0.1, 0.15) is 0 Å². The standard InChI is InChI=1S/C18H31N3O.HI/c1-6-15(5)21-18(19-7-2)20-12-16-9-8-10-17(11-16)13-22-14(3)4;/h8-11,14-15H,6-7,12-13H2,1-5H3,(H2,19,20,21);1H. The molecule has 0 bridgehead atoms. The molecule has 0 aliphatic carbocycles. The molecule has 2 N–H and O–H groups in total. The van der Waals surface area contributed by atoms with Crippen LogP contribution in [0.25, 0.3) is 0 Å². The maximum atomic E-state index is 5.65. The molecule has 0 spiro atoms. The number of nitrogens with zero attached hydrogens (tertiary/aromatic N) is 1. The quantitative estimate of drug-likeness (QED) is 0.369. The summed E-state index contributed by atoms with van der Waals surface area (Å²) < 4.78 is 5.65. The molecule has 1 unspecified atom stereocenters. The SMILES string of the molecule is CCNC(=NCc1cccc(COC(C)C)c1)NC(C)CC.I. The van der Waals surface area contributed by atoms with E-state index in [1.54, 1.807) is 0 Å². The number of nitrogens with one attached hydrogen (secondary N) is 2.